The first-order valence-electron chi connectivity index (χ1n) is 5.22. The fourth-order valence-corrected chi connectivity index (χ4v) is 1.79. The Morgan fingerprint density at radius 1 is 1.31 bits per heavy atom. The molecule has 0 unspecified atom stereocenters. The van der Waals surface area contributed by atoms with Crippen LogP contribution < -0.4 is 0 Å². The van der Waals surface area contributed by atoms with Crippen LogP contribution in [0.15, 0.2) is 24.3 Å². The Hall–Kier alpha value is -1.45. The van der Waals surface area contributed by atoms with Crippen molar-refractivity contribution in [2.75, 3.05) is 13.1 Å². The van der Waals surface area contributed by atoms with Crippen molar-refractivity contribution in [3.05, 3.63) is 35.4 Å². The molecule has 0 atom stereocenters. The lowest BCUT2D eigenvalue weighted by atomic mass is 10.1. The van der Waals surface area contributed by atoms with E-state index in [4.69, 9.17) is 0 Å². The van der Waals surface area contributed by atoms with Crippen LogP contribution in [0.3, 0.4) is 0 Å². The molecule has 1 fully saturated rings. The summed E-state index contributed by atoms with van der Waals surface area (Å²) in [5.41, 5.74) is 1.52. The van der Waals surface area contributed by atoms with Gasteiger partial charge in [-0.05, 0) is 19.1 Å². The monoisotopic (exact) mass is 225 g/mol. The Labute approximate surface area is 92.9 Å². The van der Waals surface area contributed by atoms with Gasteiger partial charge in [0, 0.05) is 18.5 Å². The van der Waals surface area contributed by atoms with Crippen molar-refractivity contribution in [3.63, 3.8) is 0 Å². The molecular weight excluding hydrogens is 212 g/mol. The molecule has 2 rings (SSSR count). The van der Waals surface area contributed by atoms with E-state index in [9.17, 15) is 13.6 Å². The molecule has 2 nitrogen and oxygen atoms in total. The summed E-state index contributed by atoms with van der Waals surface area (Å²) < 4.78 is 25.9. The number of aryl methyl sites for hydroxylation is 1. The number of carbonyl (C=O) groups excluding carboxylic acids is 1. The van der Waals surface area contributed by atoms with Crippen molar-refractivity contribution in [3.8, 4) is 0 Å². The topological polar surface area (TPSA) is 20.3 Å². The van der Waals surface area contributed by atoms with E-state index in [1.165, 1.54) is 4.90 Å². The van der Waals surface area contributed by atoms with E-state index >= 15 is 0 Å². The number of rotatable bonds is 1. The highest BCUT2D eigenvalue weighted by Crippen LogP contribution is 2.27. The van der Waals surface area contributed by atoms with Crippen LogP contribution in [0.2, 0.25) is 0 Å². The second-order valence-corrected chi connectivity index (χ2v) is 4.20. The Morgan fingerprint density at radius 2 is 1.94 bits per heavy atom. The van der Waals surface area contributed by atoms with Gasteiger partial charge in [0.25, 0.3) is 11.8 Å². The molecule has 0 radical (unpaired) electrons. The summed E-state index contributed by atoms with van der Waals surface area (Å²) in [6.45, 7) is 1.59. The fourth-order valence-electron chi connectivity index (χ4n) is 1.79. The third-order valence-electron chi connectivity index (χ3n) is 2.76. The summed E-state index contributed by atoms with van der Waals surface area (Å²) in [6.07, 6.45) is -0.232. The minimum Gasteiger partial charge on any atom is -0.332 e. The number of benzene rings is 1. The second-order valence-electron chi connectivity index (χ2n) is 4.20. The Morgan fingerprint density at radius 3 is 2.44 bits per heavy atom. The molecule has 0 spiro atoms. The first-order valence-corrected chi connectivity index (χ1v) is 5.22. The van der Waals surface area contributed by atoms with Crippen LogP contribution in [-0.4, -0.2) is 29.8 Å². The Balaban J connectivity index is 2.12. The number of carbonyl (C=O) groups is 1. The predicted octanol–water partition coefficient (Wildman–Crippen LogP) is 2.48. The average Bonchev–Trinajstić information content (AvgIpc) is 2.59. The maximum atomic E-state index is 12.9. The Bertz CT molecular complexity index is 400. The zero-order chi connectivity index (χ0) is 11.8. The molecule has 16 heavy (non-hydrogen) atoms. The molecule has 0 N–H and O–H groups in total. The molecular formula is C12H13F2NO. The SMILES string of the molecule is Cc1ccc(C(=O)N2CCC(F)(F)C2)cc1. The molecule has 0 saturated carbocycles. The number of amides is 1. The number of nitrogens with zero attached hydrogens (tertiary/aromatic N) is 1. The maximum Gasteiger partial charge on any atom is 0.267 e. The number of likely N-dealkylation sites (tertiary alicyclic amines) is 1. The van der Waals surface area contributed by atoms with Gasteiger partial charge in [-0.25, -0.2) is 8.78 Å². The standard InChI is InChI=1S/C12H13F2NO/c1-9-2-4-10(5-3-9)11(16)15-7-6-12(13,14)8-15/h2-5H,6-8H2,1H3. The van der Waals surface area contributed by atoms with Crippen LogP contribution in [0.4, 0.5) is 8.78 Å². The van der Waals surface area contributed by atoms with E-state index in [0.29, 0.717) is 5.56 Å². The first-order chi connectivity index (χ1) is 7.48. The van der Waals surface area contributed by atoms with E-state index in [2.05, 4.69) is 0 Å². The van der Waals surface area contributed by atoms with Gasteiger partial charge in [0.05, 0.1) is 6.54 Å². The van der Waals surface area contributed by atoms with Gasteiger partial charge in [-0.1, -0.05) is 17.7 Å². The van der Waals surface area contributed by atoms with Crippen molar-refractivity contribution in [1.29, 1.82) is 0 Å². The van der Waals surface area contributed by atoms with Crippen LogP contribution in [-0.2, 0) is 0 Å². The summed E-state index contributed by atoms with van der Waals surface area (Å²) in [7, 11) is 0. The van der Waals surface area contributed by atoms with Gasteiger partial charge < -0.3 is 4.90 Å². The third kappa shape index (κ3) is 2.21. The molecule has 1 aromatic carbocycles. The molecule has 1 aliphatic rings. The van der Waals surface area contributed by atoms with E-state index in [1.807, 2.05) is 6.92 Å². The van der Waals surface area contributed by atoms with E-state index in [1.54, 1.807) is 24.3 Å². The van der Waals surface area contributed by atoms with Gasteiger partial charge >= 0.3 is 0 Å². The van der Waals surface area contributed by atoms with E-state index in [0.717, 1.165) is 5.56 Å². The molecule has 1 aliphatic heterocycles. The van der Waals surface area contributed by atoms with Crippen molar-refractivity contribution >= 4 is 5.91 Å². The summed E-state index contributed by atoms with van der Waals surface area (Å²) in [5, 5.41) is 0. The average molecular weight is 225 g/mol. The zero-order valence-corrected chi connectivity index (χ0v) is 9.04. The van der Waals surface area contributed by atoms with Crippen LogP contribution in [0.25, 0.3) is 0 Å². The molecule has 0 aromatic heterocycles. The molecule has 86 valence electrons. The third-order valence-corrected chi connectivity index (χ3v) is 2.76. The zero-order valence-electron chi connectivity index (χ0n) is 9.04. The van der Waals surface area contributed by atoms with Crippen LogP contribution in [0.1, 0.15) is 22.3 Å². The fraction of sp³-hybridized carbons (Fsp3) is 0.417. The van der Waals surface area contributed by atoms with E-state index < -0.39 is 12.5 Å². The molecule has 1 amide bonds. The van der Waals surface area contributed by atoms with Crippen LogP contribution >= 0.6 is 0 Å². The highest BCUT2D eigenvalue weighted by molar-refractivity contribution is 5.94. The van der Waals surface area contributed by atoms with Gasteiger partial charge in [0.1, 0.15) is 0 Å². The van der Waals surface area contributed by atoms with Crippen molar-refractivity contribution in [2.24, 2.45) is 0 Å². The van der Waals surface area contributed by atoms with Gasteiger partial charge in [0.15, 0.2) is 0 Å². The van der Waals surface area contributed by atoms with Crippen molar-refractivity contribution in [1.82, 2.24) is 4.90 Å². The minimum atomic E-state index is -2.72. The highest BCUT2D eigenvalue weighted by atomic mass is 19.3. The van der Waals surface area contributed by atoms with Gasteiger partial charge in [-0.15, -0.1) is 0 Å². The van der Waals surface area contributed by atoms with Crippen LogP contribution in [0, 0.1) is 6.92 Å². The number of hydrogen-bond acceptors (Lipinski definition) is 1. The first kappa shape index (κ1) is 11.0. The van der Waals surface area contributed by atoms with Crippen LogP contribution in [0.5, 0.6) is 0 Å². The van der Waals surface area contributed by atoms with Gasteiger partial charge in [-0.2, -0.15) is 0 Å². The summed E-state index contributed by atoms with van der Waals surface area (Å²) in [4.78, 5) is 13.1. The lowest BCUT2D eigenvalue weighted by Gasteiger charge is -2.16. The molecule has 1 saturated heterocycles. The van der Waals surface area contributed by atoms with E-state index in [-0.39, 0.29) is 18.9 Å². The second kappa shape index (κ2) is 3.85. The normalized spacial score (nSPS) is 18.8. The largest absolute Gasteiger partial charge is 0.332 e. The lowest BCUT2D eigenvalue weighted by Crippen LogP contribution is -2.31. The predicted molar refractivity (Wildman–Crippen MR) is 56.6 cm³/mol. The number of halogens is 2. The van der Waals surface area contributed by atoms with Gasteiger partial charge in [-0.3, -0.25) is 4.79 Å². The molecule has 4 heteroatoms. The molecule has 1 aromatic rings. The van der Waals surface area contributed by atoms with Crippen molar-refractivity contribution in [2.45, 2.75) is 19.3 Å². The molecule has 0 bridgehead atoms. The number of hydrogen-bond donors (Lipinski definition) is 0. The highest BCUT2D eigenvalue weighted by Gasteiger charge is 2.40. The van der Waals surface area contributed by atoms with Crippen molar-refractivity contribution < 1.29 is 13.6 Å². The quantitative estimate of drug-likeness (QED) is 0.719. The summed E-state index contributed by atoms with van der Waals surface area (Å²) >= 11 is 0. The van der Waals surface area contributed by atoms with Gasteiger partial charge in [0.2, 0.25) is 0 Å². The summed E-state index contributed by atoms with van der Waals surface area (Å²) in [6, 6.07) is 6.96. The number of alkyl halides is 2. The molecule has 0 aliphatic carbocycles. The summed E-state index contributed by atoms with van der Waals surface area (Å²) in [5.74, 6) is -3.03. The Kier molecular flexibility index (Phi) is 2.66. The maximum absolute atomic E-state index is 12.9. The molecule has 1 heterocycles. The minimum absolute atomic E-state index is 0.139. The lowest BCUT2D eigenvalue weighted by molar-refractivity contribution is 0.0120. The smallest absolute Gasteiger partial charge is 0.267 e.